The number of halogens is 1. The average Bonchev–Trinajstić information content (AvgIpc) is 2.76. The zero-order chi connectivity index (χ0) is 20.6. The topological polar surface area (TPSA) is 35.0 Å². The number of hydrogen-bond acceptors (Lipinski definition) is 3. The van der Waals surface area contributed by atoms with E-state index in [-0.39, 0.29) is 0 Å². The van der Waals surface area contributed by atoms with E-state index in [0.717, 1.165) is 33.5 Å². The molecular weight excluding hydrogens is 483 g/mol. The predicted octanol–water partition coefficient (Wildman–Crippen LogP) is 8.14. The molecule has 2 aliphatic carbocycles. The van der Waals surface area contributed by atoms with Crippen LogP contribution >= 0.6 is 22.6 Å². The Morgan fingerprint density at radius 3 is 1.97 bits per heavy atom. The van der Waals surface area contributed by atoms with Crippen LogP contribution in [-0.2, 0) is 0 Å². The molecule has 164 valence electrons. The predicted molar refractivity (Wildman–Crippen MR) is 134 cm³/mol. The normalized spacial score (nSPS) is 25.4. The van der Waals surface area contributed by atoms with Crippen LogP contribution in [0.15, 0.2) is 24.5 Å². The molecule has 1 aromatic heterocycles. The summed E-state index contributed by atoms with van der Waals surface area (Å²) >= 11 is 2.59. The van der Waals surface area contributed by atoms with Gasteiger partial charge in [-0.1, -0.05) is 80.4 Å². The van der Waals surface area contributed by atoms with Gasteiger partial charge in [0.15, 0.2) is 0 Å². The van der Waals surface area contributed by atoms with Crippen molar-refractivity contribution in [1.29, 1.82) is 0 Å². The SMILES string of the molecule is IC1CCC(Oc2cc(C3CCCCCCCCCCC3)cc3nccnc23)CC1. The number of benzene rings is 1. The zero-order valence-corrected chi connectivity index (χ0v) is 20.5. The Labute approximate surface area is 195 Å². The Morgan fingerprint density at radius 1 is 0.700 bits per heavy atom. The Kier molecular flexibility index (Phi) is 8.65. The van der Waals surface area contributed by atoms with Crippen molar-refractivity contribution >= 4 is 33.6 Å². The number of hydrogen-bond donors (Lipinski definition) is 0. The minimum Gasteiger partial charge on any atom is -0.488 e. The van der Waals surface area contributed by atoms with Gasteiger partial charge in [-0.05, 0) is 62.1 Å². The lowest BCUT2D eigenvalue weighted by Crippen LogP contribution is -2.24. The second-order valence-electron chi connectivity index (χ2n) is 9.39. The van der Waals surface area contributed by atoms with E-state index in [9.17, 15) is 0 Å². The molecule has 0 radical (unpaired) electrons. The summed E-state index contributed by atoms with van der Waals surface area (Å²) in [5.74, 6) is 1.60. The average molecular weight is 520 g/mol. The monoisotopic (exact) mass is 520 g/mol. The van der Waals surface area contributed by atoms with Crippen molar-refractivity contribution < 1.29 is 4.74 Å². The molecule has 0 amide bonds. The van der Waals surface area contributed by atoms with Crippen molar-refractivity contribution in [2.24, 2.45) is 0 Å². The van der Waals surface area contributed by atoms with Gasteiger partial charge in [0.2, 0.25) is 0 Å². The number of ether oxygens (including phenoxy) is 1. The summed E-state index contributed by atoms with van der Waals surface area (Å²) in [6.07, 6.45) is 23.9. The standard InChI is InChI=1S/C26H37IN2O/c27-22-12-14-23(15-13-22)30-25-19-21(18-24-26(25)29-17-16-28-24)20-10-8-6-4-2-1-3-5-7-9-11-20/h16-20,22-23H,1-15H2. The number of rotatable bonds is 3. The first kappa shape index (κ1) is 22.3. The summed E-state index contributed by atoms with van der Waals surface area (Å²) in [6.45, 7) is 0. The fourth-order valence-electron chi connectivity index (χ4n) is 5.21. The molecule has 2 saturated carbocycles. The smallest absolute Gasteiger partial charge is 0.147 e. The lowest BCUT2D eigenvalue weighted by molar-refractivity contribution is 0.160. The maximum absolute atomic E-state index is 6.58. The fraction of sp³-hybridized carbons (Fsp3) is 0.692. The van der Waals surface area contributed by atoms with Gasteiger partial charge in [-0.2, -0.15) is 0 Å². The summed E-state index contributed by atoms with van der Waals surface area (Å²) in [6, 6.07) is 4.62. The van der Waals surface area contributed by atoms with E-state index in [0.29, 0.717) is 12.0 Å². The van der Waals surface area contributed by atoms with Crippen LogP contribution in [0.25, 0.3) is 11.0 Å². The third-order valence-corrected chi connectivity index (χ3v) is 8.28. The van der Waals surface area contributed by atoms with E-state index in [1.807, 2.05) is 6.20 Å². The van der Waals surface area contributed by atoms with Crippen molar-refractivity contribution in [3.8, 4) is 5.75 Å². The van der Waals surface area contributed by atoms with Gasteiger partial charge in [-0.3, -0.25) is 4.98 Å². The minimum atomic E-state index is 0.327. The van der Waals surface area contributed by atoms with E-state index in [1.54, 1.807) is 6.20 Å². The van der Waals surface area contributed by atoms with Crippen LogP contribution in [0.4, 0.5) is 0 Å². The Balaban J connectivity index is 1.55. The molecule has 4 heteroatoms. The highest BCUT2D eigenvalue weighted by atomic mass is 127. The Hall–Kier alpha value is -0.910. The van der Waals surface area contributed by atoms with Crippen LogP contribution in [0.2, 0.25) is 0 Å². The van der Waals surface area contributed by atoms with Crippen molar-refractivity contribution in [3.05, 3.63) is 30.1 Å². The van der Waals surface area contributed by atoms with Crippen LogP contribution in [0.3, 0.4) is 0 Å². The lowest BCUT2D eigenvalue weighted by atomic mass is 9.87. The molecule has 4 rings (SSSR count). The van der Waals surface area contributed by atoms with Gasteiger partial charge in [0, 0.05) is 16.3 Å². The molecule has 30 heavy (non-hydrogen) atoms. The Bertz CT molecular complexity index is 776. The molecule has 2 fully saturated rings. The maximum Gasteiger partial charge on any atom is 0.147 e. The van der Waals surface area contributed by atoms with Gasteiger partial charge in [0.05, 0.1) is 11.6 Å². The molecular formula is C26H37IN2O. The summed E-state index contributed by atoms with van der Waals surface area (Å²) in [5.41, 5.74) is 3.36. The second-order valence-corrected chi connectivity index (χ2v) is 11.2. The lowest BCUT2D eigenvalue weighted by Gasteiger charge is -2.27. The first-order chi connectivity index (χ1) is 14.8. The molecule has 0 bridgehead atoms. The minimum absolute atomic E-state index is 0.327. The largest absolute Gasteiger partial charge is 0.488 e. The van der Waals surface area contributed by atoms with E-state index < -0.39 is 0 Å². The van der Waals surface area contributed by atoms with E-state index in [1.165, 1.54) is 89.0 Å². The molecule has 3 nitrogen and oxygen atoms in total. The highest BCUT2D eigenvalue weighted by Gasteiger charge is 2.23. The highest BCUT2D eigenvalue weighted by Crippen LogP contribution is 2.36. The van der Waals surface area contributed by atoms with Crippen LogP contribution < -0.4 is 4.74 Å². The van der Waals surface area contributed by atoms with E-state index >= 15 is 0 Å². The molecule has 0 atom stereocenters. The van der Waals surface area contributed by atoms with Gasteiger partial charge < -0.3 is 4.74 Å². The van der Waals surface area contributed by atoms with Gasteiger partial charge >= 0.3 is 0 Å². The molecule has 2 aliphatic rings. The summed E-state index contributed by atoms with van der Waals surface area (Å²) in [4.78, 5) is 9.30. The van der Waals surface area contributed by atoms with Crippen LogP contribution in [0, 0.1) is 0 Å². The fourth-order valence-corrected chi connectivity index (χ4v) is 5.92. The molecule has 1 aromatic carbocycles. The summed E-state index contributed by atoms with van der Waals surface area (Å²) in [7, 11) is 0. The van der Waals surface area contributed by atoms with Crippen molar-refractivity contribution in [2.45, 2.75) is 112 Å². The third kappa shape index (κ3) is 6.30. The van der Waals surface area contributed by atoms with Crippen LogP contribution in [0.1, 0.15) is 108 Å². The van der Waals surface area contributed by atoms with Gasteiger partial charge in [-0.15, -0.1) is 0 Å². The van der Waals surface area contributed by atoms with Crippen molar-refractivity contribution in [1.82, 2.24) is 9.97 Å². The second kappa shape index (κ2) is 11.6. The van der Waals surface area contributed by atoms with Crippen molar-refractivity contribution in [3.63, 3.8) is 0 Å². The molecule has 1 heterocycles. The number of nitrogens with zero attached hydrogens (tertiary/aromatic N) is 2. The number of alkyl halides is 1. The zero-order valence-electron chi connectivity index (χ0n) is 18.3. The van der Waals surface area contributed by atoms with E-state index in [4.69, 9.17) is 4.74 Å². The molecule has 0 spiro atoms. The van der Waals surface area contributed by atoms with Gasteiger partial charge in [-0.25, -0.2) is 4.98 Å². The molecule has 0 saturated heterocycles. The first-order valence-corrected chi connectivity index (χ1v) is 13.6. The van der Waals surface area contributed by atoms with Crippen LogP contribution in [-0.4, -0.2) is 20.0 Å². The third-order valence-electron chi connectivity index (χ3n) is 7.04. The molecule has 2 aromatic rings. The summed E-state index contributed by atoms with van der Waals surface area (Å²) in [5, 5.41) is 0. The highest BCUT2D eigenvalue weighted by molar-refractivity contribution is 14.1. The maximum atomic E-state index is 6.58. The first-order valence-electron chi connectivity index (χ1n) is 12.3. The molecule has 0 unspecified atom stereocenters. The molecule has 0 aliphatic heterocycles. The molecule has 0 N–H and O–H groups in total. The van der Waals surface area contributed by atoms with E-state index in [2.05, 4.69) is 44.7 Å². The van der Waals surface area contributed by atoms with Gasteiger partial charge in [0.1, 0.15) is 11.3 Å². The van der Waals surface area contributed by atoms with Gasteiger partial charge in [0.25, 0.3) is 0 Å². The van der Waals surface area contributed by atoms with Crippen molar-refractivity contribution in [2.75, 3.05) is 0 Å². The van der Waals surface area contributed by atoms with Crippen LogP contribution in [0.5, 0.6) is 5.75 Å². The summed E-state index contributed by atoms with van der Waals surface area (Å²) < 4.78 is 7.39. The number of fused-ring (bicyclic) bond motifs is 1. The Morgan fingerprint density at radius 2 is 1.30 bits per heavy atom. The number of aromatic nitrogens is 2. The quantitative estimate of drug-likeness (QED) is 0.303.